The average molecular weight is 472 g/mol. The molecule has 35 heavy (non-hydrogen) atoms. The van der Waals surface area contributed by atoms with Crippen molar-refractivity contribution < 1.29 is 9.32 Å². The number of hydrogen-bond acceptors (Lipinski definition) is 9. The van der Waals surface area contributed by atoms with Gasteiger partial charge in [0.15, 0.2) is 5.82 Å². The lowest BCUT2D eigenvalue weighted by molar-refractivity contribution is 0.262. The molecule has 0 fully saturated rings. The van der Waals surface area contributed by atoms with E-state index in [1.807, 2.05) is 20.8 Å². The summed E-state index contributed by atoms with van der Waals surface area (Å²) >= 11 is 0. The molecule has 0 bridgehead atoms. The van der Waals surface area contributed by atoms with Crippen LogP contribution in [0.2, 0.25) is 0 Å². The Morgan fingerprint density at radius 3 is 2.46 bits per heavy atom. The van der Waals surface area contributed by atoms with Crippen molar-refractivity contribution in [1.82, 2.24) is 20.1 Å². The van der Waals surface area contributed by atoms with E-state index < -0.39 is 6.03 Å². The minimum Gasteiger partial charge on any atom is -0.383 e. The monoisotopic (exact) mass is 471 g/mol. The summed E-state index contributed by atoms with van der Waals surface area (Å²) in [5.74, 6) is 1.56. The zero-order chi connectivity index (χ0) is 25.0. The van der Waals surface area contributed by atoms with Crippen LogP contribution in [-0.2, 0) is 5.41 Å². The third-order valence-electron chi connectivity index (χ3n) is 4.97. The minimum atomic E-state index is -0.449. The van der Waals surface area contributed by atoms with Crippen LogP contribution in [0.5, 0.6) is 0 Å². The van der Waals surface area contributed by atoms with Gasteiger partial charge in [0.25, 0.3) is 0 Å². The van der Waals surface area contributed by atoms with Gasteiger partial charge in [0.1, 0.15) is 23.7 Å². The predicted molar refractivity (Wildman–Crippen MR) is 134 cm³/mol. The summed E-state index contributed by atoms with van der Waals surface area (Å²) in [7, 11) is 0. The molecule has 0 unspecified atom stereocenters. The highest BCUT2D eigenvalue weighted by Crippen LogP contribution is 2.26. The minimum absolute atomic E-state index is 0.149. The van der Waals surface area contributed by atoms with Crippen LogP contribution in [0, 0.1) is 5.41 Å². The van der Waals surface area contributed by atoms with Crippen LogP contribution in [0.15, 0.2) is 65.7 Å². The SMILES string of the molecule is CC(C)(C)c1cc(NC(=O)Nc2ccc(Nc3ncnc(N)c3C(=N)c3cccnc3)cc2)no1. The van der Waals surface area contributed by atoms with Crippen molar-refractivity contribution in [3.8, 4) is 0 Å². The van der Waals surface area contributed by atoms with E-state index in [9.17, 15) is 4.79 Å². The van der Waals surface area contributed by atoms with Crippen LogP contribution >= 0.6 is 0 Å². The number of amides is 2. The Morgan fingerprint density at radius 2 is 1.80 bits per heavy atom. The maximum atomic E-state index is 12.3. The molecule has 0 saturated carbocycles. The first-order valence-electron chi connectivity index (χ1n) is 10.7. The number of pyridine rings is 1. The number of rotatable bonds is 6. The summed E-state index contributed by atoms with van der Waals surface area (Å²) < 4.78 is 5.28. The van der Waals surface area contributed by atoms with E-state index in [0.29, 0.717) is 39.9 Å². The molecule has 4 rings (SSSR count). The largest absolute Gasteiger partial charge is 0.383 e. The Hall–Kier alpha value is -4.80. The summed E-state index contributed by atoms with van der Waals surface area (Å²) in [6, 6.07) is 11.7. The van der Waals surface area contributed by atoms with Gasteiger partial charge in [-0.05, 0) is 36.4 Å². The van der Waals surface area contributed by atoms with Crippen LogP contribution in [0.25, 0.3) is 0 Å². The van der Waals surface area contributed by atoms with Gasteiger partial charge in [0.2, 0.25) is 0 Å². The zero-order valence-corrected chi connectivity index (χ0v) is 19.5. The Balaban J connectivity index is 1.44. The highest BCUT2D eigenvalue weighted by molar-refractivity contribution is 6.16. The Labute approximate surface area is 201 Å². The Morgan fingerprint density at radius 1 is 1.06 bits per heavy atom. The van der Waals surface area contributed by atoms with Crippen LogP contribution in [0.1, 0.15) is 37.7 Å². The molecule has 6 N–H and O–H groups in total. The summed E-state index contributed by atoms with van der Waals surface area (Å²) in [5.41, 5.74) is 8.20. The van der Waals surface area contributed by atoms with Gasteiger partial charge in [-0.2, -0.15) is 0 Å². The number of nitrogens with one attached hydrogen (secondary N) is 4. The average Bonchev–Trinajstić information content (AvgIpc) is 3.30. The number of urea groups is 1. The quantitative estimate of drug-likeness (QED) is 0.255. The van der Waals surface area contributed by atoms with E-state index in [2.05, 4.69) is 36.1 Å². The second kappa shape index (κ2) is 9.59. The van der Waals surface area contributed by atoms with Gasteiger partial charge < -0.3 is 20.9 Å². The number of aromatic nitrogens is 4. The van der Waals surface area contributed by atoms with Crippen molar-refractivity contribution in [3.05, 3.63) is 78.1 Å². The van der Waals surface area contributed by atoms with Gasteiger partial charge in [-0.1, -0.05) is 25.9 Å². The number of nitrogen functional groups attached to an aromatic ring is 1. The van der Waals surface area contributed by atoms with Gasteiger partial charge in [0, 0.05) is 40.8 Å². The standard InChI is InChI=1S/C24H25N9O2/c1-24(2,3)17-11-18(33-35-17)32-23(34)31-16-8-6-15(7-9-16)30-22-19(21(26)28-13-29-22)20(25)14-5-4-10-27-12-14/h4-13,25H,1-3H3,(H3,26,28,29,30)(H2,31,32,33,34). The number of nitrogens with zero attached hydrogens (tertiary/aromatic N) is 4. The molecular formula is C24H25N9O2. The molecule has 178 valence electrons. The molecule has 0 aliphatic carbocycles. The fraction of sp³-hybridized carbons (Fsp3) is 0.167. The number of carbonyl (C=O) groups excluding carboxylic acids is 1. The van der Waals surface area contributed by atoms with Gasteiger partial charge in [0.05, 0.1) is 11.3 Å². The van der Waals surface area contributed by atoms with E-state index >= 15 is 0 Å². The number of hydrogen-bond donors (Lipinski definition) is 5. The first-order valence-corrected chi connectivity index (χ1v) is 10.7. The third kappa shape index (κ3) is 5.58. The van der Waals surface area contributed by atoms with Gasteiger partial charge >= 0.3 is 6.03 Å². The van der Waals surface area contributed by atoms with E-state index in [1.54, 1.807) is 54.9 Å². The van der Waals surface area contributed by atoms with Gasteiger partial charge in [-0.3, -0.25) is 15.7 Å². The number of anilines is 5. The molecule has 11 heteroatoms. The van der Waals surface area contributed by atoms with Gasteiger partial charge in [-0.25, -0.2) is 14.8 Å². The van der Waals surface area contributed by atoms with Crippen molar-refractivity contribution in [2.24, 2.45) is 0 Å². The molecule has 2 amide bonds. The second-order valence-electron chi connectivity index (χ2n) is 8.71. The number of carbonyl (C=O) groups is 1. The lowest BCUT2D eigenvalue weighted by atomic mass is 9.93. The van der Waals surface area contributed by atoms with Crippen LogP contribution in [0.3, 0.4) is 0 Å². The lowest BCUT2D eigenvalue weighted by Gasteiger charge is -2.14. The van der Waals surface area contributed by atoms with E-state index in [0.717, 1.165) is 0 Å². The van der Waals surface area contributed by atoms with Gasteiger partial charge in [-0.15, -0.1) is 0 Å². The van der Waals surface area contributed by atoms with Crippen molar-refractivity contribution in [3.63, 3.8) is 0 Å². The second-order valence-corrected chi connectivity index (χ2v) is 8.71. The summed E-state index contributed by atoms with van der Waals surface area (Å²) in [6.07, 6.45) is 4.53. The molecule has 11 nitrogen and oxygen atoms in total. The van der Waals surface area contributed by atoms with E-state index in [-0.39, 0.29) is 16.9 Å². The molecule has 3 aromatic heterocycles. The third-order valence-corrected chi connectivity index (χ3v) is 4.97. The molecule has 0 saturated heterocycles. The molecule has 0 aliphatic heterocycles. The van der Waals surface area contributed by atoms with Crippen molar-refractivity contribution in [2.45, 2.75) is 26.2 Å². The smallest absolute Gasteiger partial charge is 0.324 e. The predicted octanol–water partition coefficient (Wildman–Crippen LogP) is 4.54. The van der Waals surface area contributed by atoms with Crippen LogP contribution < -0.4 is 21.7 Å². The highest BCUT2D eigenvalue weighted by atomic mass is 16.5. The fourth-order valence-electron chi connectivity index (χ4n) is 3.14. The summed E-state index contributed by atoms with van der Waals surface area (Å²) in [6.45, 7) is 5.98. The Bertz CT molecular complexity index is 1340. The van der Waals surface area contributed by atoms with Crippen molar-refractivity contribution in [1.29, 1.82) is 5.41 Å². The van der Waals surface area contributed by atoms with Crippen LogP contribution in [-0.4, -0.2) is 31.9 Å². The van der Waals surface area contributed by atoms with E-state index in [1.165, 1.54) is 6.33 Å². The number of benzene rings is 1. The first kappa shape index (κ1) is 23.4. The maximum Gasteiger partial charge on any atom is 0.324 e. The van der Waals surface area contributed by atoms with E-state index in [4.69, 9.17) is 15.7 Å². The molecule has 0 aliphatic rings. The lowest BCUT2D eigenvalue weighted by Crippen LogP contribution is -2.19. The molecule has 0 spiro atoms. The molecule has 4 aromatic rings. The Kier molecular flexibility index (Phi) is 6.40. The topological polar surface area (TPSA) is 168 Å². The summed E-state index contributed by atoms with van der Waals surface area (Å²) in [4.78, 5) is 24.7. The number of nitrogens with two attached hydrogens (primary N) is 1. The molecule has 1 aromatic carbocycles. The molecule has 0 atom stereocenters. The van der Waals surface area contributed by atoms with Crippen molar-refractivity contribution in [2.75, 3.05) is 21.7 Å². The maximum absolute atomic E-state index is 12.3. The molecule has 3 heterocycles. The zero-order valence-electron chi connectivity index (χ0n) is 19.5. The highest BCUT2D eigenvalue weighted by Gasteiger charge is 2.20. The molecular weight excluding hydrogens is 446 g/mol. The molecule has 0 radical (unpaired) electrons. The first-order chi connectivity index (χ1) is 16.7. The summed E-state index contributed by atoms with van der Waals surface area (Å²) in [5, 5.41) is 21.0. The van der Waals surface area contributed by atoms with Crippen molar-refractivity contribution >= 4 is 40.6 Å². The van der Waals surface area contributed by atoms with Crippen LogP contribution in [0.4, 0.5) is 33.6 Å². The normalized spacial score (nSPS) is 11.1. The fourth-order valence-corrected chi connectivity index (χ4v) is 3.14.